The molecule has 1 aromatic heterocycles. The largest absolute Gasteiger partial charge is 0.494 e. The van der Waals surface area contributed by atoms with Gasteiger partial charge < -0.3 is 18.9 Å². The highest BCUT2D eigenvalue weighted by atomic mass is 16.5. The van der Waals surface area contributed by atoms with Crippen LogP contribution in [0.25, 0.3) is 16.9 Å². The summed E-state index contributed by atoms with van der Waals surface area (Å²) in [7, 11) is 0. The molecule has 4 saturated carbocycles. The van der Waals surface area contributed by atoms with Crippen LogP contribution in [0.1, 0.15) is 78.5 Å². The van der Waals surface area contributed by atoms with Gasteiger partial charge in [0, 0.05) is 35.8 Å². The number of rotatable bonds is 14. The van der Waals surface area contributed by atoms with Crippen molar-refractivity contribution >= 4 is 0 Å². The molecule has 5 nitrogen and oxygen atoms in total. The summed E-state index contributed by atoms with van der Waals surface area (Å²) in [6.07, 6.45) is 12.8. The van der Waals surface area contributed by atoms with Crippen LogP contribution in [0.3, 0.4) is 0 Å². The molecule has 4 aliphatic carbocycles. The Morgan fingerprint density at radius 2 is 1.45 bits per heavy atom. The molecule has 2 aromatic carbocycles. The van der Waals surface area contributed by atoms with E-state index in [0.29, 0.717) is 11.3 Å². The van der Waals surface area contributed by atoms with Crippen molar-refractivity contribution in [3.05, 3.63) is 60.6 Å². The molecule has 0 atom stereocenters. The van der Waals surface area contributed by atoms with E-state index in [0.717, 1.165) is 97.7 Å². The Morgan fingerprint density at radius 3 is 2.05 bits per heavy atom. The highest BCUT2D eigenvalue weighted by molar-refractivity contribution is 5.61. The molecule has 7 rings (SSSR count). The van der Waals surface area contributed by atoms with Crippen molar-refractivity contribution in [2.45, 2.75) is 79.1 Å². The van der Waals surface area contributed by atoms with Crippen molar-refractivity contribution in [1.82, 2.24) is 14.5 Å². The van der Waals surface area contributed by atoms with E-state index in [2.05, 4.69) is 91.9 Å². The lowest BCUT2D eigenvalue weighted by Gasteiger charge is -2.56. The number of hydrogen-bond acceptors (Lipinski definition) is 4. The molecule has 0 unspecified atom stereocenters. The fraction of sp³-hybridized carbons (Fsp3) is 0.595. The van der Waals surface area contributed by atoms with Crippen LogP contribution in [-0.4, -0.2) is 47.3 Å². The number of nitrogens with zero attached hydrogens (tertiary/aromatic N) is 3. The molecule has 4 aliphatic rings. The van der Waals surface area contributed by atoms with Crippen molar-refractivity contribution < 1.29 is 9.47 Å². The van der Waals surface area contributed by atoms with E-state index in [1.54, 1.807) is 0 Å². The first-order chi connectivity index (χ1) is 20.4. The predicted octanol–water partition coefficient (Wildman–Crippen LogP) is 8.44. The Hall–Kier alpha value is -2.79. The standard InChI is InChI=1S/C37H51N3O2/c1-5-39(6-2)16-7-17-41-33-14-10-32(11-15-33)40-25-35(38-36(40)18-27(3)4)31-8-12-34(13-9-31)42-26-37-22-28-19-29(23-37)21-30(20-28)24-37/h8-15,25,27-30H,5-7,16-24,26H2,1-4H3. The summed E-state index contributed by atoms with van der Waals surface area (Å²) in [5, 5.41) is 0. The first-order valence-corrected chi connectivity index (χ1v) is 16.7. The minimum Gasteiger partial charge on any atom is -0.494 e. The van der Waals surface area contributed by atoms with Crippen LogP contribution in [0, 0.1) is 29.1 Å². The van der Waals surface area contributed by atoms with Crippen molar-refractivity contribution in [3.8, 4) is 28.4 Å². The van der Waals surface area contributed by atoms with E-state index in [4.69, 9.17) is 14.5 Å². The second kappa shape index (κ2) is 12.8. The van der Waals surface area contributed by atoms with Gasteiger partial charge in [-0.3, -0.25) is 0 Å². The predicted molar refractivity (Wildman–Crippen MR) is 172 cm³/mol. The monoisotopic (exact) mass is 569 g/mol. The van der Waals surface area contributed by atoms with E-state index in [9.17, 15) is 0 Å². The van der Waals surface area contributed by atoms with E-state index >= 15 is 0 Å². The fourth-order valence-corrected chi connectivity index (χ4v) is 8.44. The Balaban J connectivity index is 1.10. The zero-order valence-corrected chi connectivity index (χ0v) is 26.4. The highest BCUT2D eigenvalue weighted by Crippen LogP contribution is 2.60. The maximum atomic E-state index is 6.46. The second-order valence-electron chi connectivity index (χ2n) is 14.0. The highest BCUT2D eigenvalue weighted by Gasteiger charge is 2.51. The zero-order chi connectivity index (χ0) is 29.1. The SMILES string of the molecule is CCN(CC)CCCOc1ccc(-n2cc(-c3ccc(OCC45CC6CC(CC(C6)C4)C5)cc3)nc2CC(C)C)cc1. The molecule has 0 saturated heterocycles. The van der Waals surface area contributed by atoms with Gasteiger partial charge in [0.15, 0.2) is 0 Å². The number of ether oxygens (including phenoxy) is 2. The quantitative estimate of drug-likeness (QED) is 0.183. The van der Waals surface area contributed by atoms with Gasteiger partial charge in [0.05, 0.1) is 18.9 Å². The van der Waals surface area contributed by atoms with E-state index < -0.39 is 0 Å². The molecule has 0 radical (unpaired) electrons. The molecule has 0 aliphatic heterocycles. The van der Waals surface area contributed by atoms with Crippen LogP contribution < -0.4 is 9.47 Å². The van der Waals surface area contributed by atoms with Gasteiger partial charge in [-0.25, -0.2) is 4.98 Å². The van der Waals surface area contributed by atoms with Crippen LogP contribution in [0.2, 0.25) is 0 Å². The molecule has 4 fully saturated rings. The van der Waals surface area contributed by atoms with E-state index in [-0.39, 0.29) is 0 Å². The second-order valence-corrected chi connectivity index (χ2v) is 14.0. The van der Waals surface area contributed by atoms with Gasteiger partial charge in [-0.15, -0.1) is 0 Å². The summed E-state index contributed by atoms with van der Waals surface area (Å²) in [5.74, 6) is 6.41. The topological polar surface area (TPSA) is 39.5 Å². The van der Waals surface area contributed by atoms with Gasteiger partial charge >= 0.3 is 0 Å². The minimum atomic E-state index is 0.434. The van der Waals surface area contributed by atoms with Crippen LogP contribution in [0.4, 0.5) is 0 Å². The van der Waals surface area contributed by atoms with Gasteiger partial charge in [-0.1, -0.05) is 27.7 Å². The zero-order valence-electron chi connectivity index (χ0n) is 26.4. The third-order valence-electron chi connectivity index (χ3n) is 10.1. The Morgan fingerprint density at radius 1 is 0.857 bits per heavy atom. The van der Waals surface area contributed by atoms with Crippen molar-refractivity contribution in [3.63, 3.8) is 0 Å². The number of hydrogen-bond donors (Lipinski definition) is 0. The lowest BCUT2D eigenvalue weighted by atomic mass is 9.50. The summed E-state index contributed by atoms with van der Waals surface area (Å²) in [5.41, 5.74) is 3.70. The molecular formula is C37H51N3O2. The fourth-order valence-electron chi connectivity index (χ4n) is 8.44. The van der Waals surface area contributed by atoms with Crippen molar-refractivity contribution in [1.29, 1.82) is 0 Å². The van der Waals surface area contributed by atoms with Crippen LogP contribution in [0.15, 0.2) is 54.7 Å². The lowest BCUT2D eigenvalue weighted by molar-refractivity contribution is -0.0745. The third-order valence-corrected chi connectivity index (χ3v) is 10.1. The summed E-state index contributed by atoms with van der Waals surface area (Å²) in [4.78, 5) is 7.54. The molecule has 4 bridgehead atoms. The molecule has 226 valence electrons. The van der Waals surface area contributed by atoms with E-state index in [1.165, 1.54) is 38.5 Å². The Bertz CT molecular complexity index is 1250. The van der Waals surface area contributed by atoms with Gasteiger partial charge in [0.2, 0.25) is 0 Å². The maximum absolute atomic E-state index is 6.46. The number of imidazole rings is 1. The lowest BCUT2D eigenvalue weighted by Crippen LogP contribution is -2.48. The van der Waals surface area contributed by atoms with Crippen LogP contribution >= 0.6 is 0 Å². The third kappa shape index (κ3) is 6.72. The number of aromatic nitrogens is 2. The Labute approximate surface area is 253 Å². The van der Waals surface area contributed by atoms with Gasteiger partial charge in [-0.05, 0) is 130 Å². The maximum Gasteiger partial charge on any atom is 0.119 e. The first-order valence-electron chi connectivity index (χ1n) is 16.7. The van der Waals surface area contributed by atoms with Crippen LogP contribution in [0.5, 0.6) is 11.5 Å². The van der Waals surface area contributed by atoms with Gasteiger partial charge in [0.1, 0.15) is 17.3 Å². The molecule has 0 N–H and O–H groups in total. The molecule has 42 heavy (non-hydrogen) atoms. The molecule has 5 heteroatoms. The molecule has 0 spiro atoms. The summed E-state index contributed by atoms with van der Waals surface area (Å²) in [6, 6.07) is 17.1. The summed E-state index contributed by atoms with van der Waals surface area (Å²) < 4.78 is 14.8. The van der Waals surface area contributed by atoms with Gasteiger partial charge in [-0.2, -0.15) is 0 Å². The Kier molecular flexibility index (Phi) is 8.95. The molecule has 1 heterocycles. The molecule has 3 aromatic rings. The molecular weight excluding hydrogens is 518 g/mol. The normalized spacial score (nSPS) is 24.6. The van der Waals surface area contributed by atoms with Crippen molar-refractivity contribution in [2.75, 3.05) is 32.8 Å². The summed E-state index contributed by atoms with van der Waals surface area (Å²) >= 11 is 0. The average molecular weight is 570 g/mol. The summed E-state index contributed by atoms with van der Waals surface area (Å²) in [6.45, 7) is 13.8. The minimum absolute atomic E-state index is 0.434. The van der Waals surface area contributed by atoms with Gasteiger partial charge in [0.25, 0.3) is 0 Å². The number of benzene rings is 2. The molecule has 0 amide bonds. The van der Waals surface area contributed by atoms with Crippen molar-refractivity contribution in [2.24, 2.45) is 29.1 Å². The average Bonchev–Trinajstić information content (AvgIpc) is 3.39. The van der Waals surface area contributed by atoms with Crippen LogP contribution in [-0.2, 0) is 6.42 Å². The first kappa shape index (κ1) is 29.3. The van der Waals surface area contributed by atoms with E-state index in [1.807, 2.05) is 0 Å². The smallest absolute Gasteiger partial charge is 0.119 e.